The van der Waals surface area contributed by atoms with Gasteiger partial charge in [0.1, 0.15) is 5.75 Å². The molecule has 0 saturated carbocycles. The molecule has 1 N–H and O–H groups in total. The van der Waals surface area contributed by atoms with Crippen LogP contribution < -0.4 is 0 Å². The standard InChI is InChI=1S/C14H18O5/c1-3-18-13(16)8-5-10-9-11(15)6-7-12(10)14(17)19-4-2/h6-7,9,15H,3-5,8H2,1-2H3. The number of hydrogen-bond donors (Lipinski definition) is 1. The molecule has 0 aliphatic rings. The maximum Gasteiger partial charge on any atom is 0.338 e. The molecule has 5 nitrogen and oxygen atoms in total. The van der Waals surface area contributed by atoms with Gasteiger partial charge in [-0.1, -0.05) is 0 Å². The van der Waals surface area contributed by atoms with Crippen molar-refractivity contribution in [2.24, 2.45) is 0 Å². The smallest absolute Gasteiger partial charge is 0.338 e. The molecule has 19 heavy (non-hydrogen) atoms. The summed E-state index contributed by atoms with van der Waals surface area (Å²) >= 11 is 0. The predicted molar refractivity (Wildman–Crippen MR) is 69.0 cm³/mol. The van der Waals surface area contributed by atoms with Gasteiger partial charge in [-0.15, -0.1) is 0 Å². The second-order valence-corrected chi connectivity index (χ2v) is 3.87. The van der Waals surface area contributed by atoms with E-state index in [-0.39, 0.29) is 24.7 Å². The van der Waals surface area contributed by atoms with E-state index in [1.807, 2.05) is 0 Å². The quantitative estimate of drug-likeness (QED) is 0.798. The van der Waals surface area contributed by atoms with E-state index < -0.39 is 5.97 Å². The number of aryl methyl sites for hydroxylation is 1. The van der Waals surface area contributed by atoms with E-state index in [9.17, 15) is 14.7 Å². The van der Waals surface area contributed by atoms with Crippen molar-refractivity contribution in [3.8, 4) is 5.75 Å². The van der Waals surface area contributed by atoms with Crippen LogP contribution in [0.25, 0.3) is 0 Å². The Balaban J connectivity index is 2.82. The van der Waals surface area contributed by atoms with Crippen LogP contribution in [-0.2, 0) is 20.7 Å². The Morgan fingerprint density at radius 1 is 1.16 bits per heavy atom. The number of carbonyl (C=O) groups is 2. The third-order valence-corrected chi connectivity index (χ3v) is 2.49. The molecule has 5 heteroatoms. The number of esters is 2. The minimum Gasteiger partial charge on any atom is -0.508 e. The van der Waals surface area contributed by atoms with Crippen LogP contribution in [0.3, 0.4) is 0 Å². The summed E-state index contributed by atoms with van der Waals surface area (Å²) in [5.41, 5.74) is 0.940. The van der Waals surface area contributed by atoms with Gasteiger partial charge in [-0.05, 0) is 44.0 Å². The van der Waals surface area contributed by atoms with Crippen molar-refractivity contribution < 1.29 is 24.2 Å². The Hall–Kier alpha value is -2.04. The van der Waals surface area contributed by atoms with Gasteiger partial charge in [-0.25, -0.2) is 4.79 Å². The normalized spacial score (nSPS) is 10.0. The lowest BCUT2D eigenvalue weighted by atomic mass is 10.0. The second kappa shape index (κ2) is 7.41. The number of phenols is 1. The number of ether oxygens (including phenoxy) is 2. The van der Waals surface area contributed by atoms with Crippen LogP contribution in [0.1, 0.15) is 36.2 Å². The van der Waals surface area contributed by atoms with E-state index >= 15 is 0 Å². The highest BCUT2D eigenvalue weighted by Crippen LogP contribution is 2.19. The molecule has 1 rings (SSSR count). The molecule has 0 heterocycles. The van der Waals surface area contributed by atoms with E-state index in [1.165, 1.54) is 18.2 Å². The number of aromatic hydroxyl groups is 1. The molecule has 0 aliphatic carbocycles. The zero-order valence-electron chi connectivity index (χ0n) is 11.1. The van der Waals surface area contributed by atoms with Crippen molar-refractivity contribution in [1.82, 2.24) is 0 Å². The number of benzene rings is 1. The Kier molecular flexibility index (Phi) is 5.85. The average Bonchev–Trinajstić information content (AvgIpc) is 2.37. The van der Waals surface area contributed by atoms with Crippen molar-refractivity contribution in [2.75, 3.05) is 13.2 Å². The third-order valence-electron chi connectivity index (χ3n) is 2.49. The molecule has 0 atom stereocenters. The third kappa shape index (κ3) is 4.62. The van der Waals surface area contributed by atoms with E-state index in [2.05, 4.69) is 0 Å². The zero-order valence-corrected chi connectivity index (χ0v) is 11.1. The van der Waals surface area contributed by atoms with E-state index in [1.54, 1.807) is 13.8 Å². The van der Waals surface area contributed by atoms with Crippen LogP contribution in [-0.4, -0.2) is 30.3 Å². The maximum absolute atomic E-state index is 11.7. The van der Waals surface area contributed by atoms with Crippen molar-refractivity contribution in [3.63, 3.8) is 0 Å². The van der Waals surface area contributed by atoms with Crippen molar-refractivity contribution >= 4 is 11.9 Å². The minimum absolute atomic E-state index is 0.0481. The Bertz CT molecular complexity index is 453. The summed E-state index contributed by atoms with van der Waals surface area (Å²) in [5.74, 6) is -0.742. The lowest BCUT2D eigenvalue weighted by Crippen LogP contribution is -2.10. The Morgan fingerprint density at radius 2 is 1.84 bits per heavy atom. The monoisotopic (exact) mass is 266 g/mol. The van der Waals surface area contributed by atoms with E-state index in [0.29, 0.717) is 24.2 Å². The summed E-state index contributed by atoms with van der Waals surface area (Å²) in [6, 6.07) is 4.37. The molecule has 0 spiro atoms. The van der Waals surface area contributed by atoms with Crippen LogP contribution in [0.2, 0.25) is 0 Å². The highest BCUT2D eigenvalue weighted by molar-refractivity contribution is 5.91. The van der Waals surface area contributed by atoms with Gasteiger partial charge in [0, 0.05) is 6.42 Å². The number of carbonyl (C=O) groups excluding carboxylic acids is 2. The van der Waals surface area contributed by atoms with Gasteiger partial charge in [0.05, 0.1) is 18.8 Å². The SMILES string of the molecule is CCOC(=O)CCc1cc(O)ccc1C(=O)OCC. The largest absolute Gasteiger partial charge is 0.508 e. The fraction of sp³-hybridized carbons (Fsp3) is 0.429. The molecule has 0 amide bonds. The fourth-order valence-corrected chi connectivity index (χ4v) is 1.66. The molecule has 0 radical (unpaired) electrons. The lowest BCUT2D eigenvalue weighted by Gasteiger charge is -2.09. The first-order valence-electron chi connectivity index (χ1n) is 6.23. The Morgan fingerprint density at radius 3 is 2.47 bits per heavy atom. The highest BCUT2D eigenvalue weighted by atomic mass is 16.5. The second-order valence-electron chi connectivity index (χ2n) is 3.87. The van der Waals surface area contributed by atoms with Crippen LogP contribution in [0.15, 0.2) is 18.2 Å². The minimum atomic E-state index is -0.457. The van der Waals surface area contributed by atoms with Gasteiger partial charge in [-0.2, -0.15) is 0 Å². The first-order chi connectivity index (χ1) is 9.08. The summed E-state index contributed by atoms with van der Waals surface area (Å²) in [4.78, 5) is 23.0. The van der Waals surface area contributed by atoms with Gasteiger partial charge in [-0.3, -0.25) is 4.79 Å². The lowest BCUT2D eigenvalue weighted by molar-refractivity contribution is -0.143. The van der Waals surface area contributed by atoms with Gasteiger partial charge in [0.15, 0.2) is 0 Å². The van der Waals surface area contributed by atoms with Crippen molar-refractivity contribution in [3.05, 3.63) is 29.3 Å². The number of phenolic OH excluding ortho intramolecular Hbond substituents is 1. The molecule has 0 fully saturated rings. The van der Waals surface area contributed by atoms with Crippen LogP contribution in [0.5, 0.6) is 5.75 Å². The Labute approximate surface area is 112 Å². The summed E-state index contributed by atoms with van der Waals surface area (Å²) in [6.45, 7) is 4.05. The van der Waals surface area contributed by atoms with Gasteiger partial charge in [0.25, 0.3) is 0 Å². The summed E-state index contributed by atoms with van der Waals surface area (Å²) in [6.07, 6.45) is 0.477. The maximum atomic E-state index is 11.7. The molecule has 0 aromatic heterocycles. The molecular formula is C14H18O5. The van der Waals surface area contributed by atoms with Crippen molar-refractivity contribution in [2.45, 2.75) is 26.7 Å². The molecular weight excluding hydrogens is 248 g/mol. The molecule has 0 bridgehead atoms. The molecule has 0 aliphatic heterocycles. The van der Waals surface area contributed by atoms with Crippen LogP contribution in [0.4, 0.5) is 0 Å². The highest BCUT2D eigenvalue weighted by Gasteiger charge is 2.14. The van der Waals surface area contributed by atoms with Crippen LogP contribution >= 0.6 is 0 Å². The van der Waals surface area contributed by atoms with Gasteiger partial charge >= 0.3 is 11.9 Å². The summed E-state index contributed by atoms with van der Waals surface area (Å²) < 4.78 is 9.75. The van der Waals surface area contributed by atoms with Gasteiger partial charge in [0.2, 0.25) is 0 Å². The summed E-state index contributed by atoms with van der Waals surface area (Å²) in [5, 5.41) is 9.45. The summed E-state index contributed by atoms with van der Waals surface area (Å²) in [7, 11) is 0. The molecule has 0 unspecified atom stereocenters. The van der Waals surface area contributed by atoms with Gasteiger partial charge < -0.3 is 14.6 Å². The topological polar surface area (TPSA) is 72.8 Å². The predicted octanol–water partition coefficient (Wildman–Crippen LogP) is 2.06. The first kappa shape index (κ1) is 15.0. The average molecular weight is 266 g/mol. The van der Waals surface area contributed by atoms with E-state index in [0.717, 1.165) is 0 Å². The molecule has 0 saturated heterocycles. The van der Waals surface area contributed by atoms with E-state index in [4.69, 9.17) is 9.47 Å². The fourth-order valence-electron chi connectivity index (χ4n) is 1.66. The molecule has 1 aromatic carbocycles. The van der Waals surface area contributed by atoms with Crippen LogP contribution in [0, 0.1) is 0 Å². The zero-order chi connectivity index (χ0) is 14.3. The van der Waals surface area contributed by atoms with Crippen molar-refractivity contribution in [1.29, 1.82) is 0 Å². The number of rotatable bonds is 6. The molecule has 104 valence electrons. The molecule has 1 aromatic rings. The first-order valence-corrected chi connectivity index (χ1v) is 6.23. The number of hydrogen-bond acceptors (Lipinski definition) is 5.